The van der Waals surface area contributed by atoms with Crippen molar-refractivity contribution in [2.75, 3.05) is 0 Å². The molecule has 0 unspecified atom stereocenters. The maximum absolute atomic E-state index is 11.7. The van der Waals surface area contributed by atoms with Gasteiger partial charge in [0.05, 0.1) is 6.61 Å². The van der Waals surface area contributed by atoms with E-state index in [9.17, 15) is 4.79 Å². The number of fused-ring (bicyclic) bond motifs is 1. The predicted molar refractivity (Wildman–Crippen MR) is 87.4 cm³/mol. The van der Waals surface area contributed by atoms with E-state index < -0.39 is 30.4 Å². The van der Waals surface area contributed by atoms with E-state index in [1.807, 2.05) is 44.2 Å². The number of ether oxygens (including phenoxy) is 5. The van der Waals surface area contributed by atoms with E-state index in [0.29, 0.717) is 18.6 Å². The van der Waals surface area contributed by atoms with Gasteiger partial charge in [-0.05, 0) is 19.4 Å². The molecule has 6 heteroatoms. The van der Waals surface area contributed by atoms with E-state index in [2.05, 4.69) is 6.58 Å². The van der Waals surface area contributed by atoms with Crippen LogP contribution in [0.5, 0.6) is 0 Å². The maximum Gasteiger partial charge on any atom is 0.333 e. The first kappa shape index (κ1) is 16.7. The molecule has 1 aromatic carbocycles. The van der Waals surface area contributed by atoms with Gasteiger partial charge in [-0.25, -0.2) is 4.79 Å². The Labute approximate surface area is 146 Å². The summed E-state index contributed by atoms with van der Waals surface area (Å²) in [5.41, 5.74) is 1.50. The Balaban J connectivity index is 1.51. The maximum atomic E-state index is 11.7. The summed E-state index contributed by atoms with van der Waals surface area (Å²) in [6, 6.07) is 9.88. The molecule has 6 nitrogen and oxygen atoms in total. The number of carbonyl (C=O) groups excluding carboxylic acids is 1. The number of cyclic esters (lactones) is 1. The van der Waals surface area contributed by atoms with Crippen LogP contribution < -0.4 is 0 Å². The Hall–Kier alpha value is -1.73. The van der Waals surface area contributed by atoms with Crippen LogP contribution in [0.4, 0.5) is 0 Å². The predicted octanol–water partition coefficient (Wildman–Crippen LogP) is 2.32. The summed E-state index contributed by atoms with van der Waals surface area (Å²) < 4.78 is 29.3. The van der Waals surface area contributed by atoms with Gasteiger partial charge in [-0.1, -0.05) is 36.9 Å². The van der Waals surface area contributed by atoms with Crippen LogP contribution in [0, 0.1) is 0 Å². The van der Waals surface area contributed by atoms with E-state index in [1.165, 1.54) is 0 Å². The second-order valence-corrected chi connectivity index (χ2v) is 7.08. The van der Waals surface area contributed by atoms with Crippen LogP contribution in [0.1, 0.15) is 25.8 Å². The molecule has 0 bridgehead atoms. The first-order valence-electron chi connectivity index (χ1n) is 8.48. The third kappa shape index (κ3) is 3.22. The highest BCUT2D eigenvalue weighted by Gasteiger charge is 2.58. The van der Waals surface area contributed by atoms with Crippen molar-refractivity contribution in [3.05, 3.63) is 48.0 Å². The SMILES string of the molecule is C=C1C[C@@H]([C@@H]2O[C@@H]3OC(C)(C)O[C@@H]3[C@H]2OCc2ccccc2)OC1=O. The van der Waals surface area contributed by atoms with Gasteiger partial charge in [0.2, 0.25) is 0 Å². The molecule has 5 atom stereocenters. The van der Waals surface area contributed by atoms with Crippen molar-refractivity contribution in [1.82, 2.24) is 0 Å². The minimum absolute atomic E-state index is 0.365. The van der Waals surface area contributed by atoms with Crippen LogP contribution in [-0.2, 0) is 35.1 Å². The zero-order chi connectivity index (χ0) is 17.6. The molecule has 0 aromatic heterocycles. The van der Waals surface area contributed by atoms with E-state index >= 15 is 0 Å². The van der Waals surface area contributed by atoms with Crippen molar-refractivity contribution in [1.29, 1.82) is 0 Å². The van der Waals surface area contributed by atoms with Gasteiger partial charge in [0.15, 0.2) is 12.1 Å². The number of carbonyl (C=O) groups is 1. The lowest BCUT2D eigenvalue weighted by molar-refractivity contribution is -0.230. The molecule has 0 aliphatic carbocycles. The third-order valence-electron chi connectivity index (χ3n) is 4.67. The second kappa shape index (κ2) is 6.21. The minimum atomic E-state index is -0.732. The standard InChI is InChI=1S/C19H22O6/c1-11-9-13(22-17(11)20)14-15(21-10-12-7-5-4-6-8-12)16-18(23-14)25-19(2,3)24-16/h4-8,13-16,18H,1,9-10H2,2-3H3/t13-,14-,15-,16+,18+/m0/s1. The lowest BCUT2D eigenvalue weighted by Crippen LogP contribution is -2.42. The molecule has 25 heavy (non-hydrogen) atoms. The van der Waals surface area contributed by atoms with Crippen LogP contribution in [-0.4, -0.2) is 42.5 Å². The van der Waals surface area contributed by atoms with E-state index in [0.717, 1.165) is 5.56 Å². The number of rotatable bonds is 4. The molecule has 4 rings (SSSR count). The number of hydrogen-bond donors (Lipinski definition) is 0. The van der Waals surface area contributed by atoms with Crippen LogP contribution >= 0.6 is 0 Å². The number of hydrogen-bond acceptors (Lipinski definition) is 6. The zero-order valence-corrected chi connectivity index (χ0v) is 14.3. The van der Waals surface area contributed by atoms with Gasteiger partial charge in [-0.15, -0.1) is 0 Å². The molecule has 0 radical (unpaired) electrons. The summed E-state index contributed by atoms with van der Waals surface area (Å²) in [6.45, 7) is 7.84. The van der Waals surface area contributed by atoms with Crippen molar-refractivity contribution in [2.24, 2.45) is 0 Å². The first-order valence-corrected chi connectivity index (χ1v) is 8.48. The van der Waals surface area contributed by atoms with E-state index in [-0.39, 0.29) is 12.1 Å². The quantitative estimate of drug-likeness (QED) is 0.616. The molecule has 1 aromatic rings. The first-order chi connectivity index (χ1) is 11.9. The Kier molecular flexibility index (Phi) is 4.16. The Bertz CT molecular complexity index is 654. The molecule has 0 amide bonds. The lowest BCUT2D eigenvalue weighted by atomic mass is 10.0. The molecular formula is C19H22O6. The second-order valence-electron chi connectivity index (χ2n) is 7.08. The van der Waals surface area contributed by atoms with E-state index in [1.54, 1.807) is 0 Å². The Morgan fingerprint density at radius 3 is 2.64 bits per heavy atom. The lowest BCUT2D eigenvalue weighted by Gasteiger charge is -2.28. The summed E-state index contributed by atoms with van der Waals surface area (Å²) >= 11 is 0. The van der Waals surface area contributed by atoms with Gasteiger partial charge >= 0.3 is 5.97 Å². The van der Waals surface area contributed by atoms with Crippen molar-refractivity contribution in [2.45, 2.75) is 63.4 Å². The molecule has 0 saturated carbocycles. The topological polar surface area (TPSA) is 63.2 Å². The van der Waals surface area contributed by atoms with Crippen LogP contribution in [0.3, 0.4) is 0 Å². The molecule has 3 heterocycles. The number of esters is 1. The zero-order valence-electron chi connectivity index (χ0n) is 14.3. The highest BCUT2D eigenvalue weighted by molar-refractivity contribution is 5.90. The summed E-state index contributed by atoms with van der Waals surface area (Å²) in [7, 11) is 0. The normalized spacial score (nSPS) is 36.5. The molecule has 3 aliphatic rings. The fraction of sp³-hybridized carbons (Fsp3) is 0.526. The van der Waals surface area contributed by atoms with E-state index in [4.69, 9.17) is 23.7 Å². The average molecular weight is 346 g/mol. The fourth-order valence-corrected chi connectivity index (χ4v) is 3.53. The summed E-state index contributed by atoms with van der Waals surface area (Å²) in [5, 5.41) is 0. The monoisotopic (exact) mass is 346 g/mol. The van der Waals surface area contributed by atoms with Crippen LogP contribution in [0.25, 0.3) is 0 Å². The average Bonchev–Trinajstić information content (AvgIpc) is 3.16. The van der Waals surface area contributed by atoms with Gasteiger partial charge in [-0.2, -0.15) is 0 Å². The molecule has 0 N–H and O–H groups in total. The van der Waals surface area contributed by atoms with Crippen molar-refractivity contribution < 1.29 is 28.5 Å². The molecule has 0 spiro atoms. The van der Waals surface area contributed by atoms with Crippen LogP contribution in [0.15, 0.2) is 42.5 Å². The smallest absolute Gasteiger partial charge is 0.333 e. The Morgan fingerprint density at radius 1 is 1.20 bits per heavy atom. The molecule has 3 aliphatic heterocycles. The summed E-state index contributed by atoms with van der Waals surface area (Å²) in [6.07, 6.45) is -1.74. The summed E-state index contributed by atoms with van der Waals surface area (Å²) in [4.78, 5) is 11.7. The molecular weight excluding hydrogens is 324 g/mol. The van der Waals surface area contributed by atoms with Gasteiger partial charge in [0.25, 0.3) is 0 Å². The fourth-order valence-electron chi connectivity index (χ4n) is 3.53. The molecule has 3 fully saturated rings. The number of benzene rings is 1. The Morgan fingerprint density at radius 2 is 1.96 bits per heavy atom. The third-order valence-corrected chi connectivity index (χ3v) is 4.67. The van der Waals surface area contributed by atoms with Crippen molar-refractivity contribution >= 4 is 5.97 Å². The van der Waals surface area contributed by atoms with Gasteiger partial charge < -0.3 is 23.7 Å². The highest BCUT2D eigenvalue weighted by Crippen LogP contribution is 2.42. The van der Waals surface area contributed by atoms with Crippen LogP contribution in [0.2, 0.25) is 0 Å². The van der Waals surface area contributed by atoms with Crippen molar-refractivity contribution in [3.8, 4) is 0 Å². The van der Waals surface area contributed by atoms with Gasteiger partial charge in [0.1, 0.15) is 24.4 Å². The van der Waals surface area contributed by atoms with Gasteiger partial charge in [-0.3, -0.25) is 0 Å². The molecule has 134 valence electrons. The largest absolute Gasteiger partial charge is 0.456 e. The van der Waals surface area contributed by atoms with Crippen molar-refractivity contribution in [3.63, 3.8) is 0 Å². The minimum Gasteiger partial charge on any atom is -0.456 e. The molecule has 3 saturated heterocycles. The summed E-state index contributed by atoms with van der Waals surface area (Å²) in [5.74, 6) is -1.11. The highest BCUT2D eigenvalue weighted by atomic mass is 16.8. The van der Waals surface area contributed by atoms with Gasteiger partial charge in [0, 0.05) is 12.0 Å².